The molecular weight excluding hydrogens is 601 g/mol. The van der Waals surface area contributed by atoms with E-state index in [2.05, 4.69) is 74.6 Å². The number of hydrogen-bond donors (Lipinski definition) is 0. The summed E-state index contributed by atoms with van der Waals surface area (Å²) in [4.78, 5) is 4.04. The van der Waals surface area contributed by atoms with Crippen molar-refractivity contribution < 1.29 is 4.42 Å². The molecule has 0 atom stereocenters. The van der Waals surface area contributed by atoms with E-state index in [-0.39, 0.29) is 0 Å². The zero-order chi connectivity index (χ0) is 32.6. The topological polar surface area (TPSA) is 51.1 Å². The second kappa shape index (κ2) is 10.2. The Morgan fingerprint density at radius 3 is 1.78 bits per heavy atom. The number of para-hydroxylation sites is 4. The molecule has 5 nitrogen and oxygen atoms in total. The highest BCUT2D eigenvalue weighted by atomic mass is 16.3. The van der Waals surface area contributed by atoms with Crippen molar-refractivity contribution in [2.45, 2.75) is 0 Å². The first kappa shape index (κ1) is 27.1. The average Bonchev–Trinajstić information content (AvgIpc) is 3.82. The molecule has 0 fully saturated rings. The van der Waals surface area contributed by atoms with Gasteiger partial charge in [-0.05, 0) is 71.8 Å². The van der Waals surface area contributed by atoms with Crippen molar-refractivity contribution in [2.75, 3.05) is 0 Å². The molecule has 0 spiro atoms. The van der Waals surface area contributed by atoms with Crippen LogP contribution in [-0.2, 0) is 0 Å². The SMILES string of the molecule is [C-]#[N+]c1cc(-c2ccc(-n3c4ccccc4c4ccccc43)c(C#N)c2)ccc1-n1c2ccccc2c2c3c(ccc21)oc1ccccc13. The first-order chi connectivity index (χ1) is 24.2. The van der Waals surface area contributed by atoms with Gasteiger partial charge in [0.05, 0.1) is 45.6 Å². The highest BCUT2D eigenvalue weighted by Crippen LogP contribution is 2.43. The van der Waals surface area contributed by atoms with Crippen molar-refractivity contribution >= 4 is 71.2 Å². The van der Waals surface area contributed by atoms with Gasteiger partial charge in [0.1, 0.15) is 17.2 Å². The summed E-state index contributed by atoms with van der Waals surface area (Å²) in [6, 6.07) is 51.7. The van der Waals surface area contributed by atoms with E-state index >= 15 is 0 Å². The van der Waals surface area contributed by atoms with E-state index in [1.807, 2.05) is 91.0 Å². The Balaban J connectivity index is 1.15. The van der Waals surface area contributed by atoms with Gasteiger partial charge in [0, 0.05) is 32.3 Å². The number of rotatable bonds is 3. The van der Waals surface area contributed by atoms with Crippen molar-refractivity contribution in [1.82, 2.24) is 9.13 Å². The molecule has 0 amide bonds. The first-order valence-electron chi connectivity index (χ1n) is 16.1. The molecule has 7 aromatic carbocycles. The number of fused-ring (bicyclic) bond motifs is 10. The van der Waals surface area contributed by atoms with Crippen molar-refractivity contribution in [3.63, 3.8) is 0 Å². The highest BCUT2D eigenvalue weighted by molar-refractivity contribution is 6.27. The zero-order valence-electron chi connectivity index (χ0n) is 26.1. The third-order valence-electron chi connectivity index (χ3n) is 9.78. The summed E-state index contributed by atoms with van der Waals surface area (Å²) in [5.41, 5.74) is 10.3. The number of furan rings is 1. The van der Waals surface area contributed by atoms with Crippen LogP contribution in [0.15, 0.2) is 150 Å². The maximum Gasteiger partial charge on any atom is 0.211 e. The third kappa shape index (κ3) is 3.79. The van der Waals surface area contributed by atoms with Crippen LogP contribution in [0.5, 0.6) is 0 Å². The van der Waals surface area contributed by atoms with Crippen LogP contribution in [-0.4, -0.2) is 9.13 Å². The Kier molecular flexibility index (Phi) is 5.64. The van der Waals surface area contributed by atoms with Crippen molar-refractivity contribution in [3.8, 4) is 28.6 Å². The lowest BCUT2D eigenvalue weighted by atomic mass is 10.0. The molecular formula is C44H24N4O. The Labute approximate surface area is 280 Å². The lowest BCUT2D eigenvalue weighted by molar-refractivity contribution is 0.669. The largest absolute Gasteiger partial charge is 0.456 e. The van der Waals surface area contributed by atoms with Gasteiger partial charge in [0.2, 0.25) is 5.69 Å². The molecule has 0 bridgehead atoms. The molecule has 0 unspecified atom stereocenters. The van der Waals surface area contributed by atoms with Crippen LogP contribution in [0.25, 0.3) is 92.9 Å². The van der Waals surface area contributed by atoms with Crippen LogP contribution in [0.4, 0.5) is 5.69 Å². The summed E-state index contributed by atoms with van der Waals surface area (Å²) in [5.74, 6) is 0. The number of benzene rings is 7. The standard InChI is InChI=1S/C44H24N4O/c1-46-34-25-28(27-18-20-35(29(24-27)26-45)47-36-14-6-2-10-30(36)31-11-3-7-15-37(31)47)19-21-39(34)48-38-16-8-4-12-32(38)43-40(48)22-23-42-44(43)33-13-5-9-17-41(33)49-42/h2-25H. The summed E-state index contributed by atoms with van der Waals surface area (Å²) in [7, 11) is 0. The fourth-order valence-corrected chi connectivity index (χ4v) is 7.70. The molecule has 5 heteroatoms. The number of aromatic nitrogens is 2. The Morgan fingerprint density at radius 1 is 0.510 bits per heavy atom. The van der Waals surface area contributed by atoms with E-state index < -0.39 is 0 Å². The Morgan fingerprint density at radius 2 is 1.08 bits per heavy atom. The molecule has 10 rings (SSSR count). The minimum atomic E-state index is 0.530. The van der Waals surface area contributed by atoms with E-state index in [1.165, 1.54) is 0 Å². The monoisotopic (exact) mass is 624 g/mol. The van der Waals surface area contributed by atoms with Gasteiger partial charge in [-0.2, -0.15) is 5.26 Å². The van der Waals surface area contributed by atoms with Gasteiger partial charge in [-0.25, -0.2) is 4.85 Å². The van der Waals surface area contributed by atoms with Gasteiger partial charge in [0.15, 0.2) is 0 Å². The molecule has 0 aliphatic carbocycles. The maximum absolute atomic E-state index is 10.4. The van der Waals surface area contributed by atoms with E-state index in [9.17, 15) is 5.26 Å². The Bertz CT molecular complexity index is 3030. The van der Waals surface area contributed by atoms with E-state index in [0.29, 0.717) is 11.3 Å². The van der Waals surface area contributed by atoms with Crippen LogP contribution in [0.2, 0.25) is 0 Å². The summed E-state index contributed by atoms with van der Waals surface area (Å²) >= 11 is 0. The van der Waals surface area contributed by atoms with Crippen molar-refractivity contribution in [1.29, 1.82) is 5.26 Å². The molecule has 3 aromatic heterocycles. The van der Waals surface area contributed by atoms with E-state index in [4.69, 9.17) is 11.0 Å². The molecule has 10 aromatic rings. The Hall–Kier alpha value is -7.08. The summed E-state index contributed by atoms with van der Waals surface area (Å²) < 4.78 is 10.6. The second-order valence-corrected chi connectivity index (χ2v) is 12.3. The molecule has 0 aliphatic heterocycles. The molecule has 0 saturated heterocycles. The molecule has 49 heavy (non-hydrogen) atoms. The molecule has 3 heterocycles. The second-order valence-electron chi connectivity index (χ2n) is 12.3. The maximum atomic E-state index is 10.4. The predicted octanol–water partition coefficient (Wildman–Crippen LogP) is 11.9. The predicted molar refractivity (Wildman–Crippen MR) is 199 cm³/mol. The summed E-state index contributed by atoms with van der Waals surface area (Å²) in [6.07, 6.45) is 0. The molecule has 0 saturated carbocycles. The molecule has 0 radical (unpaired) electrons. The zero-order valence-corrected chi connectivity index (χ0v) is 26.1. The summed E-state index contributed by atoms with van der Waals surface area (Å²) in [5, 5.41) is 17.1. The van der Waals surface area contributed by atoms with Gasteiger partial charge < -0.3 is 13.6 Å². The number of nitrogens with zero attached hydrogens (tertiary/aromatic N) is 4. The van der Waals surface area contributed by atoms with Gasteiger partial charge in [0.25, 0.3) is 0 Å². The van der Waals surface area contributed by atoms with Gasteiger partial charge in [-0.15, -0.1) is 0 Å². The molecule has 0 N–H and O–H groups in total. The average molecular weight is 625 g/mol. The minimum Gasteiger partial charge on any atom is -0.456 e. The number of hydrogen-bond acceptors (Lipinski definition) is 2. The smallest absolute Gasteiger partial charge is 0.211 e. The summed E-state index contributed by atoms with van der Waals surface area (Å²) in [6.45, 7) is 8.28. The van der Waals surface area contributed by atoms with Gasteiger partial charge in [-0.1, -0.05) is 84.9 Å². The van der Waals surface area contributed by atoms with Crippen molar-refractivity contribution in [3.05, 3.63) is 163 Å². The normalized spacial score (nSPS) is 11.6. The highest BCUT2D eigenvalue weighted by Gasteiger charge is 2.21. The van der Waals surface area contributed by atoms with E-state index in [0.717, 1.165) is 88.1 Å². The number of nitriles is 1. The van der Waals surface area contributed by atoms with Crippen LogP contribution in [0, 0.1) is 17.9 Å². The molecule has 0 aliphatic rings. The molecule has 226 valence electrons. The quantitative estimate of drug-likeness (QED) is 0.184. The van der Waals surface area contributed by atoms with Crippen LogP contribution in [0.1, 0.15) is 5.56 Å². The fourth-order valence-electron chi connectivity index (χ4n) is 7.70. The lowest BCUT2D eigenvalue weighted by Gasteiger charge is -2.14. The first-order valence-corrected chi connectivity index (χ1v) is 16.1. The van der Waals surface area contributed by atoms with Gasteiger partial charge in [-0.3, -0.25) is 0 Å². The minimum absolute atomic E-state index is 0.530. The van der Waals surface area contributed by atoms with Crippen LogP contribution in [0.3, 0.4) is 0 Å². The van der Waals surface area contributed by atoms with Crippen molar-refractivity contribution in [2.24, 2.45) is 0 Å². The van der Waals surface area contributed by atoms with Crippen LogP contribution >= 0.6 is 0 Å². The van der Waals surface area contributed by atoms with E-state index in [1.54, 1.807) is 0 Å². The van der Waals surface area contributed by atoms with Gasteiger partial charge >= 0.3 is 0 Å². The van der Waals surface area contributed by atoms with Crippen LogP contribution < -0.4 is 0 Å². The lowest BCUT2D eigenvalue weighted by Crippen LogP contribution is -1.98. The fraction of sp³-hybridized carbons (Fsp3) is 0. The third-order valence-corrected chi connectivity index (χ3v) is 9.78.